The molecule has 1 aliphatic heterocycles. The largest absolute Gasteiger partial charge is 0.462 e. The summed E-state index contributed by atoms with van der Waals surface area (Å²) in [6.45, 7) is 8.50. The van der Waals surface area contributed by atoms with E-state index in [1.54, 1.807) is 44.2 Å². The highest BCUT2D eigenvalue weighted by Crippen LogP contribution is 2.68. The molecule has 3 fully saturated rings. The fourth-order valence-corrected chi connectivity index (χ4v) is 8.36. The van der Waals surface area contributed by atoms with Crippen molar-refractivity contribution in [3.8, 4) is 0 Å². The Bertz CT molecular complexity index is 1300. The molecule has 3 aliphatic carbocycles. The Kier molecular flexibility index (Phi) is 7.38. The molecule has 4 N–H and O–H groups in total. The summed E-state index contributed by atoms with van der Waals surface area (Å²) in [5.41, 5.74) is -5.87. The van der Waals surface area contributed by atoms with Crippen molar-refractivity contribution in [2.24, 2.45) is 16.7 Å². The van der Waals surface area contributed by atoms with Crippen LogP contribution < -0.4 is 0 Å². The third-order valence-electron chi connectivity index (χ3n) is 10.3. The summed E-state index contributed by atoms with van der Waals surface area (Å²) in [5.74, 6) is -3.24. The fourth-order valence-electron chi connectivity index (χ4n) is 8.36. The van der Waals surface area contributed by atoms with Gasteiger partial charge in [-0.1, -0.05) is 25.1 Å². The lowest BCUT2D eigenvalue weighted by atomic mass is 9.49. The van der Waals surface area contributed by atoms with Crippen LogP contribution in [0.4, 0.5) is 0 Å². The number of aliphatic hydroxyl groups excluding tert-OH is 3. The average molecular weight is 589 g/mol. The van der Waals surface area contributed by atoms with Gasteiger partial charge in [0, 0.05) is 25.7 Å². The summed E-state index contributed by atoms with van der Waals surface area (Å²) in [6, 6.07) is 8.18. The molecule has 42 heavy (non-hydrogen) atoms. The molecule has 0 amide bonds. The Hall–Kier alpha value is -2.83. The first-order valence-corrected chi connectivity index (χ1v) is 14.2. The van der Waals surface area contributed by atoms with Gasteiger partial charge in [0.05, 0.1) is 41.3 Å². The Morgan fingerprint density at radius 1 is 1.02 bits per heavy atom. The van der Waals surface area contributed by atoms with E-state index in [1.807, 2.05) is 0 Å². The maximum absolute atomic E-state index is 13.8. The zero-order valence-corrected chi connectivity index (χ0v) is 24.7. The van der Waals surface area contributed by atoms with Crippen LogP contribution in [0, 0.1) is 16.7 Å². The molecular weight excluding hydrogens is 548 g/mol. The van der Waals surface area contributed by atoms with Crippen molar-refractivity contribution in [2.45, 2.75) is 102 Å². The Morgan fingerprint density at radius 3 is 2.19 bits per heavy atom. The van der Waals surface area contributed by atoms with E-state index in [0.717, 1.165) is 0 Å². The van der Waals surface area contributed by atoms with Crippen LogP contribution >= 0.6 is 0 Å². The SMILES string of the molecule is CC(=O)O[C@H]1C[C@H]2OC[C@@]2(OC(C)=O)[C@H]2[C@@H](OC(=O)c3ccccc3)[C@]3(C(C)(C)O)C[C@@H](O)C(C)=C3[C@H](O)[C@H](O)[C@@]12C. The standard InChI is InChI=1S/C31H40O11/c1-15-19(34)13-30(28(4,5)38)22(15)23(35)25(36)29(6)20(40-16(2)32)12-21-31(14-39-21,42-17(3)33)24(29)26(30)41-27(37)18-10-8-7-9-11-18/h7-11,19-21,23-26,34-36,38H,12-14H2,1-6H3/t19-,20+,21-,23+,24+,25+,26-,29+,30+,31+/m1/s1. The van der Waals surface area contributed by atoms with E-state index in [1.165, 1.54) is 27.7 Å². The predicted molar refractivity (Wildman–Crippen MR) is 146 cm³/mol. The highest BCUT2D eigenvalue weighted by Gasteiger charge is 2.79. The molecule has 1 aromatic rings. The van der Waals surface area contributed by atoms with Gasteiger partial charge in [-0.25, -0.2) is 4.79 Å². The maximum Gasteiger partial charge on any atom is 0.338 e. The highest BCUT2D eigenvalue weighted by molar-refractivity contribution is 5.89. The normalized spacial score (nSPS) is 41.0. The van der Waals surface area contributed by atoms with E-state index < -0.39 is 82.5 Å². The molecular formula is C31H40O11. The first kappa shape index (κ1) is 30.6. The van der Waals surface area contributed by atoms with Gasteiger partial charge in [-0.3, -0.25) is 9.59 Å². The summed E-state index contributed by atoms with van der Waals surface area (Å²) >= 11 is 0. The second-order valence-electron chi connectivity index (χ2n) is 13.0. The average Bonchev–Trinajstić information content (AvgIpc) is 3.15. The molecule has 1 saturated heterocycles. The Balaban J connectivity index is 1.85. The van der Waals surface area contributed by atoms with Crippen LogP contribution in [-0.4, -0.2) is 92.8 Å². The lowest BCUT2D eigenvalue weighted by molar-refractivity contribution is -0.351. The third kappa shape index (κ3) is 4.16. The molecule has 5 rings (SSSR count). The van der Waals surface area contributed by atoms with Gasteiger partial charge in [0.25, 0.3) is 0 Å². The molecule has 0 unspecified atom stereocenters. The first-order chi connectivity index (χ1) is 19.5. The molecule has 230 valence electrons. The van der Waals surface area contributed by atoms with Crippen molar-refractivity contribution < 1.29 is 53.8 Å². The minimum absolute atomic E-state index is 0.0269. The van der Waals surface area contributed by atoms with Crippen molar-refractivity contribution in [3.63, 3.8) is 0 Å². The number of rotatable bonds is 5. The second-order valence-corrected chi connectivity index (χ2v) is 13.0. The van der Waals surface area contributed by atoms with Gasteiger partial charge in [0.15, 0.2) is 5.60 Å². The summed E-state index contributed by atoms with van der Waals surface area (Å²) < 4.78 is 24.1. The summed E-state index contributed by atoms with van der Waals surface area (Å²) in [4.78, 5) is 38.9. The summed E-state index contributed by atoms with van der Waals surface area (Å²) in [7, 11) is 0. The van der Waals surface area contributed by atoms with Crippen molar-refractivity contribution in [1.29, 1.82) is 0 Å². The number of aliphatic hydroxyl groups is 4. The molecule has 11 nitrogen and oxygen atoms in total. The van der Waals surface area contributed by atoms with Crippen LogP contribution in [0.25, 0.3) is 0 Å². The Morgan fingerprint density at radius 2 is 1.67 bits per heavy atom. The van der Waals surface area contributed by atoms with Crippen molar-refractivity contribution in [1.82, 2.24) is 0 Å². The van der Waals surface area contributed by atoms with Gasteiger partial charge < -0.3 is 39.4 Å². The number of esters is 3. The molecule has 1 aromatic carbocycles. The number of fused-ring (bicyclic) bond motifs is 4. The van der Waals surface area contributed by atoms with Crippen LogP contribution in [0.3, 0.4) is 0 Å². The zero-order valence-electron chi connectivity index (χ0n) is 24.7. The molecule has 0 spiro atoms. The predicted octanol–water partition coefficient (Wildman–Crippen LogP) is 1.44. The number of benzene rings is 1. The van der Waals surface area contributed by atoms with Gasteiger partial charge >= 0.3 is 17.9 Å². The minimum atomic E-state index is -1.76. The number of hydrogen-bond donors (Lipinski definition) is 4. The van der Waals surface area contributed by atoms with Crippen LogP contribution in [-0.2, 0) is 28.5 Å². The van der Waals surface area contributed by atoms with Crippen LogP contribution in [0.1, 0.15) is 64.7 Å². The van der Waals surface area contributed by atoms with E-state index in [9.17, 15) is 34.8 Å². The summed E-state index contributed by atoms with van der Waals surface area (Å²) in [6.07, 6.45) is -7.93. The summed E-state index contributed by atoms with van der Waals surface area (Å²) in [5, 5.41) is 47.3. The second kappa shape index (κ2) is 10.1. The third-order valence-corrected chi connectivity index (χ3v) is 10.3. The van der Waals surface area contributed by atoms with Crippen LogP contribution in [0.2, 0.25) is 0 Å². The number of ether oxygens (including phenoxy) is 4. The van der Waals surface area contributed by atoms with Gasteiger partial charge in [-0.2, -0.15) is 0 Å². The molecule has 11 heteroatoms. The molecule has 10 atom stereocenters. The minimum Gasteiger partial charge on any atom is -0.462 e. The van der Waals surface area contributed by atoms with Crippen LogP contribution in [0.5, 0.6) is 0 Å². The fraction of sp³-hybridized carbons (Fsp3) is 0.645. The number of carbonyl (C=O) groups is 3. The van der Waals surface area contributed by atoms with E-state index >= 15 is 0 Å². The lowest BCUT2D eigenvalue weighted by Crippen LogP contribution is -2.79. The van der Waals surface area contributed by atoms with E-state index in [0.29, 0.717) is 5.57 Å². The maximum atomic E-state index is 13.8. The molecule has 0 radical (unpaired) electrons. The monoisotopic (exact) mass is 588 g/mol. The van der Waals surface area contributed by atoms with Gasteiger partial charge in [-0.15, -0.1) is 0 Å². The highest BCUT2D eigenvalue weighted by atomic mass is 16.6. The quantitative estimate of drug-likeness (QED) is 0.223. The van der Waals surface area contributed by atoms with E-state index in [4.69, 9.17) is 18.9 Å². The molecule has 0 aromatic heterocycles. The van der Waals surface area contributed by atoms with Crippen molar-refractivity contribution in [3.05, 3.63) is 47.0 Å². The molecule has 0 bridgehead atoms. The molecule has 4 aliphatic rings. The molecule has 2 saturated carbocycles. The zero-order chi connectivity index (χ0) is 31.0. The Labute approximate surface area is 244 Å². The van der Waals surface area contributed by atoms with Crippen molar-refractivity contribution >= 4 is 17.9 Å². The van der Waals surface area contributed by atoms with Crippen molar-refractivity contribution in [2.75, 3.05) is 6.61 Å². The smallest absolute Gasteiger partial charge is 0.338 e. The number of hydrogen-bond acceptors (Lipinski definition) is 11. The number of carbonyl (C=O) groups excluding carboxylic acids is 3. The topological polar surface area (TPSA) is 169 Å². The first-order valence-electron chi connectivity index (χ1n) is 14.2. The molecule has 1 heterocycles. The van der Waals surface area contributed by atoms with Gasteiger partial charge in [0.2, 0.25) is 0 Å². The van der Waals surface area contributed by atoms with Gasteiger partial charge in [-0.05, 0) is 50.5 Å². The lowest BCUT2D eigenvalue weighted by Gasteiger charge is -2.65. The van der Waals surface area contributed by atoms with E-state index in [2.05, 4.69) is 0 Å². The van der Waals surface area contributed by atoms with Crippen LogP contribution in [0.15, 0.2) is 41.5 Å². The van der Waals surface area contributed by atoms with Gasteiger partial charge in [0.1, 0.15) is 24.4 Å². The van der Waals surface area contributed by atoms with E-state index in [-0.39, 0.29) is 30.6 Å².